The number of nitrogens with one attached hydrogen (secondary N) is 2. The molecule has 0 saturated carbocycles. The predicted molar refractivity (Wildman–Crippen MR) is 131 cm³/mol. The van der Waals surface area contributed by atoms with Crippen LogP contribution in [0.25, 0.3) is 22.7 Å². The van der Waals surface area contributed by atoms with Crippen LogP contribution in [0.3, 0.4) is 0 Å². The lowest BCUT2D eigenvalue weighted by Gasteiger charge is -2.17. The minimum atomic E-state index is -0.353. The number of carbonyl (C=O) groups excluding carboxylic acids is 1. The van der Waals surface area contributed by atoms with E-state index in [1.165, 1.54) is 12.4 Å². The lowest BCUT2D eigenvalue weighted by molar-refractivity contribution is -0.111. The standard InChI is InChI=1S/C25H26N6O3/c1-31(2)14-6-9-21(33)28-19-12-10-18(11-13-19)24-30-22-23(26-16-27-25(22)34-24)29-20(15-32)17-7-4-3-5-8-17/h3-13,16,20,32H,14-15H2,1-2H3,(H,28,33)(H,26,27,29). The molecule has 34 heavy (non-hydrogen) atoms. The number of likely N-dealkylation sites (N-methyl/N-ethyl adjacent to an activating group) is 1. The van der Waals surface area contributed by atoms with E-state index in [9.17, 15) is 9.90 Å². The van der Waals surface area contributed by atoms with Crippen molar-refractivity contribution >= 4 is 28.6 Å². The van der Waals surface area contributed by atoms with Crippen LogP contribution in [0.2, 0.25) is 0 Å². The van der Waals surface area contributed by atoms with Gasteiger partial charge < -0.3 is 25.1 Å². The molecule has 2 heterocycles. The summed E-state index contributed by atoms with van der Waals surface area (Å²) in [5.41, 5.74) is 3.12. The molecule has 3 N–H and O–H groups in total. The first-order valence-corrected chi connectivity index (χ1v) is 10.8. The Labute approximate surface area is 197 Å². The number of hydrogen-bond donors (Lipinski definition) is 3. The molecule has 174 valence electrons. The highest BCUT2D eigenvalue weighted by atomic mass is 16.4. The van der Waals surface area contributed by atoms with Crippen LogP contribution in [0.15, 0.2) is 77.5 Å². The Morgan fingerprint density at radius 1 is 1.12 bits per heavy atom. The first-order chi connectivity index (χ1) is 16.5. The summed E-state index contributed by atoms with van der Waals surface area (Å²) in [6.07, 6.45) is 4.70. The molecule has 2 aromatic carbocycles. The van der Waals surface area contributed by atoms with E-state index in [0.717, 1.165) is 11.1 Å². The number of hydrogen-bond acceptors (Lipinski definition) is 8. The zero-order valence-corrected chi connectivity index (χ0v) is 19.0. The first kappa shape index (κ1) is 23.1. The number of aromatic nitrogens is 3. The van der Waals surface area contributed by atoms with E-state index in [1.807, 2.05) is 61.5 Å². The van der Waals surface area contributed by atoms with Gasteiger partial charge in [-0.25, -0.2) is 9.97 Å². The van der Waals surface area contributed by atoms with Crippen molar-refractivity contribution in [3.8, 4) is 11.5 Å². The molecule has 0 aliphatic heterocycles. The van der Waals surface area contributed by atoms with Gasteiger partial charge in [0, 0.05) is 23.9 Å². The third-order valence-electron chi connectivity index (χ3n) is 5.03. The second kappa shape index (κ2) is 10.7. The molecule has 0 aliphatic rings. The van der Waals surface area contributed by atoms with Crippen molar-refractivity contribution in [1.82, 2.24) is 19.9 Å². The van der Waals surface area contributed by atoms with Crippen molar-refractivity contribution in [1.29, 1.82) is 0 Å². The Morgan fingerprint density at radius 3 is 2.59 bits per heavy atom. The number of anilines is 2. The SMILES string of the molecule is CN(C)CC=CC(=O)Nc1ccc(-c2nc3c(NC(CO)c4ccccc4)ncnc3o2)cc1. The lowest BCUT2D eigenvalue weighted by Crippen LogP contribution is -2.15. The third-order valence-corrected chi connectivity index (χ3v) is 5.03. The molecule has 1 atom stereocenters. The number of fused-ring (bicyclic) bond motifs is 1. The van der Waals surface area contributed by atoms with Gasteiger partial charge >= 0.3 is 0 Å². The summed E-state index contributed by atoms with van der Waals surface area (Å²) in [6.45, 7) is 0.575. The summed E-state index contributed by atoms with van der Waals surface area (Å²) in [4.78, 5) is 27.0. The van der Waals surface area contributed by atoms with E-state index in [0.29, 0.717) is 35.2 Å². The zero-order valence-electron chi connectivity index (χ0n) is 19.0. The van der Waals surface area contributed by atoms with Crippen molar-refractivity contribution in [3.05, 3.63) is 78.6 Å². The Bertz CT molecular complexity index is 1270. The van der Waals surface area contributed by atoms with Gasteiger partial charge in [0.05, 0.1) is 12.6 Å². The van der Waals surface area contributed by atoms with Gasteiger partial charge in [-0.1, -0.05) is 36.4 Å². The number of amides is 1. The molecular formula is C25H26N6O3. The Hall–Kier alpha value is -4.08. The van der Waals surface area contributed by atoms with Crippen LogP contribution in [-0.2, 0) is 4.79 Å². The van der Waals surface area contributed by atoms with Crippen LogP contribution in [0.1, 0.15) is 11.6 Å². The lowest BCUT2D eigenvalue weighted by atomic mass is 10.1. The average Bonchev–Trinajstić information content (AvgIpc) is 3.28. The maximum atomic E-state index is 12.0. The largest absolute Gasteiger partial charge is 0.417 e. The normalized spacial score (nSPS) is 12.4. The highest BCUT2D eigenvalue weighted by molar-refractivity contribution is 5.99. The highest BCUT2D eigenvalue weighted by Gasteiger charge is 2.17. The number of oxazole rings is 1. The van der Waals surface area contributed by atoms with Crippen LogP contribution < -0.4 is 10.6 Å². The summed E-state index contributed by atoms with van der Waals surface area (Å²) >= 11 is 0. The van der Waals surface area contributed by atoms with Gasteiger partial charge in [-0.15, -0.1) is 0 Å². The van der Waals surface area contributed by atoms with Gasteiger partial charge in [0.25, 0.3) is 5.71 Å². The van der Waals surface area contributed by atoms with Crippen molar-refractivity contribution in [2.24, 2.45) is 0 Å². The van der Waals surface area contributed by atoms with Gasteiger partial charge in [-0.3, -0.25) is 4.79 Å². The molecule has 0 fully saturated rings. The number of aliphatic hydroxyl groups is 1. The molecule has 0 saturated heterocycles. The minimum absolute atomic E-state index is 0.113. The van der Waals surface area contributed by atoms with Crippen LogP contribution in [0.4, 0.5) is 11.5 Å². The minimum Gasteiger partial charge on any atom is -0.417 e. The highest BCUT2D eigenvalue weighted by Crippen LogP contribution is 2.29. The second-order valence-electron chi connectivity index (χ2n) is 7.92. The van der Waals surface area contributed by atoms with Crippen molar-refractivity contribution in [2.75, 3.05) is 37.9 Å². The maximum Gasteiger partial charge on any atom is 0.252 e. The van der Waals surface area contributed by atoms with E-state index in [4.69, 9.17) is 4.42 Å². The van der Waals surface area contributed by atoms with Gasteiger partial charge in [-0.2, -0.15) is 4.98 Å². The van der Waals surface area contributed by atoms with E-state index in [2.05, 4.69) is 25.6 Å². The molecule has 2 aromatic heterocycles. The molecule has 9 nitrogen and oxygen atoms in total. The fourth-order valence-electron chi connectivity index (χ4n) is 3.32. The number of nitrogens with zero attached hydrogens (tertiary/aromatic N) is 4. The van der Waals surface area contributed by atoms with Gasteiger partial charge in [-0.05, 0) is 43.9 Å². The fourth-order valence-corrected chi connectivity index (χ4v) is 3.32. The molecule has 1 unspecified atom stereocenters. The summed E-state index contributed by atoms with van der Waals surface area (Å²) in [6, 6.07) is 16.4. The Kier molecular flexibility index (Phi) is 7.26. The quantitative estimate of drug-likeness (QED) is 0.327. The topological polar surface area (TPSA) is 116 Å². The van der Waals surface area contributed by atoms with Gasteiger partial charge in [0.15, 0.2) is 11.3 Å². The maximum absolute atomic E-state index is 12.0. The van der Waals surface area contributed by atoms with E-state index < -0.39 is 0 Å². The Balaban J connectivity index is 1.51. The van der Waals surface area contributed by atoms with Crippen LogP contribution >= 0.6 is 0 Å². The van der Waals surface area contributed by atoms with Crippen LogP contribution in [-0.4, -0.2) is 58.1 Å². The van der Waals surface area contributed by atoms with Gasteiger partial charge in [0.2, 0.25) is 11.8 Å². The molecule has 0 aliphatic carbocycles. The van der Waals surface area contributed by atoms with Crippen molar-refractivity contribution in [2.45, 2.75) is 6.04 Å². The smallest absolute Gasteiger partial charge is 0.252 e. The zero-order chi connectivity index (χ0) is 23.9. The van der Waals surface area contributed by atoms with Crippen LogP contribution in [0, 0.1) is 0 Å². The molecule has 1 amide bonds. The summed E-state index contributed by atoms with van der Waals surface area (Å²) in [5.74, 6) is 0.651. The number of benzene rings is 2. The third kappa shape index (κ3) is 5.64. The van der Waals surface area contributed by atoms with Crippen LogP contribution in [0.5, 0.6) is 0 Å². The molecule has 0 radical (unpaired) electrons. The second-order valence-corrected chi connectivity index (χ2v) is 7.92. The van der Waals surface area contributed by atoms with Gasteiger partial charge in [0.1, 0.15) is 6.33 Å². The van der Waals surface area contributed by atoms with E-state index in [-0.39, 0.29) is 18.6 Å². The molecule has 9 heteroatoms. The monoisotopic (exact) mass is 458 g/mol. The summed E-state index contributed by atoms with van der Waals surface area (Å²) < 4.78 is 5.84. The summed E-state index contributed by atoms with van der Waals surface area (Å²) in [5, 5.41) is 15.9. The average molecular weight is 459 g/mol. The Morgan fingerprint density at radius 2 is 1.88 bits per heavy atom. The molecule has 0 spiro atoms. The number of carbonyl (C=O) groups is 1. The van der Waals surface area contributed by atoms with E-state index >= 15 is 0 Å². The molecular weight excluding hydrogens is 432 g/mol. The first-order valence-electron chi connectivity index (χ1n) is 10.8. The molecule has 4 rings (SSSR count). The molecule has 4 aromatic rings. The van der Waals surface area contributed by atoms with E-state index in [1.54, 1.807) is 18.2 Å². The summed E-state index contributed by atoms with van der Waals surface area (Å²) in [7, 11) is 3.87. The number of rotatable bonds is 9. The van der Waals surface area contributed by atoms with Crippen molar-refractivity contribution < 1.29 is 14.3 Å². The molecule has 0 bridgehead atoms. The fraction of sp³-hybridized carbons (Fsp3) is 0.200. The predicted octanol–water partition coefficient (Wildman–Crippen LogP) is 3.49. The van der Waals surface area contributed by atoms with Crippen molar-refractivity contribution in [3.63, 3.8) is 0 Å². The number of aliphatic hydroxyl groups excluding tert-OH is 1.